The van der Waals surface area contributed by atoms with E-state index in [1.807, 2.05) is 0 Å². The lowest BCUT2D eigenvalue weighted by molar-refractivity contribution is -0.0430. The fraction of sp³-hybridized carbons (Fsp3) is 0.600. The van der Waals surface area contributed by atoms with Crippen molar-refractivity contribution in [2.45, 2.75) is 31.0 Å². The van der Waals surface area contributed by atoms with E-state index in [4.69, 9.17) is 21.3 Å². The molecule has 2 aliphatic heterocycles. The summed E-state index contributed by atoms with van der Waals surface area (Å²) in [6.07, 6.45) is -0.618. The molecule has 1 fully saturated rings. The average Bonchev–Trinajstić information content (AvgIpc) is 2.90. The Morgan fingerprint density at radius 1 is 1.58 bits per heavy atom. The monoisotopic (exact) mass is 268 g/mol. The van der Waals surface area contributed by atoms with E-state index in [9.17, 15) is 5.11 Å². The molecule has 0 saturated carbocycles. The molecule has 1 saturated heterocycles. The highest BCUT2D eigenvalue weighted by Gasteiger charge is 2.37. The first-order valence-corrected chi connectivity index (χ1v) is 5.97. The zero-order valence-electron chi connectivity index (χ0n) is 10.1. The van der Waals surface area contributed by atoms with Gasteiger partial charge in [0, 0.05) is 6.42 Å². The molecule has 0 aliphatic carbocycles. The summed E-state index contributed by atoms with van der Waals surface area (Å²) in [7, 11) is 0. The number of aliphatic hydroxyl groups excluding tert-OH is 2. The number of anilines is 2. The molecule has 0 bridgehead atoms. The number of nitrogens with two attached hydrogens (primary N) is 2. The van der Waals surface area contributed by atoms with E-state index in [0.717, 1.165) is 0 Å². The molecule has 7 N–H and O–H groups in total. The maximum atomic E-state index is 9.77. The van der Waals surface area contributed by atoms with Crippen molar-refractivity contribution in [3.63, 3.8) is 0 Å². The summed E-state index contributed by atoms with van der Waals surface area (Å²) in [6, 6.07) is 0. The molecule has 2 aliphatic rings. The quantitative estimate of drug-likeness (QED) is 0.440. The molecule has 104 valence electrons. The van der Waals surface area contributed by atoms with Gasteiger partial charge in [0.05, 0.1) is 19.0 Å². The van der Waals surface area contributed by atoms with Crippen LogP contribution in [0.4, 0.5) is 11.8 Å². The van der Waals surface area contributed by atoms with E-state index in [1.54, 1.807) is 4.57 Å². The molecule has 4 atom stereocenters. The van der Waals surface area contributed by atoms with Crippen molar-refractivity contribution in [3.05, 3.63) is 5.69 Å². The molecule has 0 spiro atoms. The van der Waals surface area contributed by atoms with E-state index in [0.29, 0.717) is 17.9 Å². The highest BCUT2D eigenvalue weighted by Crippen LogP contribution is 2.36. The number of nitrogen functional groups attached to an aromatic ring is 1. The summed E-state index contributed by atoms with van der Waals surface area (Å²) in [5.74, 6) is 0.838. The number of nitrogens with one attached hydrogen (secondary N) is 1. The summed E-state index contributed by atoms with van der Waals surface area (Å²) in [4.78, 5) is 8.15. The van der Waals surface area contributed by atoms with Crippen LogP contribution >= 0.6 is 0 Å². The highest BCUT2D eigenvalue weighted by molar-refractivity contribution is 5.78. The third kappa shape index (κ3) is 1.87. The van der Waals surface area contributed by atoms with Crippen LogP contribution in [0.15, 0.2) is 4.99 Å². The molecule has 3 heterocycles. The lowest BCUT2D eigenvalue weighted by atomic mass is 10.2. The minimum atomic E-state index is -0.738. The van der Waals surface area contributed by atoms with E-state index in [-0.39, 0.29) is 12.6 Å². The van der Waals surface area contributed by atoms with Gasteiger partial charge >= 0.3 is 0 Å². The zero-order chi connectivity index (χ0) is 13.6. The van der Waals surface area contributed by atoms with Gasteiger partial charge in [-0.15, -0.1) is 0 Å². The number of imidazole rings is 1. The smallest absolute Gasteiger partial charge is 0.204 e. The summed E-state index contributed by atoms with van der Waals surface area (Å²) in [5.41, 5.74) is 12.2. The van der Waals surface area contributed by atoms with Gasteiger partial charge in [0.1, 0.15) is 30.0 Å². The van der Waals surface area contributed by atoms with E-state index >= 15 is 0 Å². The van der Waals surface area contributed by atoms with Gasteiger partial charge in [0.2, 0.25) is 5.95 Å². The van der Waals surface area contributed by atoms with E-state index in [1.165, 1.54) is 6.34 Å². The Hall–Kier alpha value is -1.68. The summed E-state index contributed by atoms with van der Waals surface area (Å²) in [5, 5.41) is 21.8. The maximum Gasteiger partial charge on any atom is 0.204 e. The fourth-order valence-corrected chi connectivity index (χ4v) is 2.40. The minimum absolute atomic E-state index is 0.231. The van der Waals surface area contributed by atoms with Crippen molar-refractivity contribution in [1.82, 2.24) is 9.55 Å². The Bertz CT molecular complexity index is 516. The van der Waals surface area contributed by atoms with Gasteiger partial charge in [-0.25, -0.2) is 4.98 Å². The lowest BCUT2D eigenvalue weighted by Crippen LogP contribution is -2.24. The predicted octanol–water partition coefficient (Wildman–Crippen LogP) is -1.48. The van der Waals surface area contributed by atoms with Gasteiger partial charge in [-0.2, -0.15) is 0 Å². The second-order valence-corrected chi connectivity index (χ2v) is 4.56. The van der Waals surface area contributed by atoms with Crippen LogP contribution in [0.3, 0.4) is 0 Å². The molecule has 9 heteroatoms. The summed E-state index contributed by atoms with van der Waals surface area (Å²) in [6.45, 7) is -0.247. The van der Waals surface area contributed by atoms with Gasteiger partial charge in [0.15, 0.2) is 0 Å². The van der Waals surface area contributed by atoms with Crippen LogP contribution in [0.1, 0.15) is 24.5 Å². The molecule has 0 aromatic carbocycles. The molecule has 19 heavy (non-hydrogen) atoms. The van der Waals surface area contributed by atoms with Crippen molar-refractivity contribution in [2.75, 3.05) is 17.7 Å². The average molecular weight is 268 g/mol. The van der Waals surface area contributed by atoms with Crippen molar-refractivity contribution < 1.29 is 14.9 Å². The first-order valence-electron chi connectivity index (χ1n) is 5.97. The Kier molecular flexibility index (Phi) is 2.90. The number of aromatic nitrogens is 2. The number of aliphatic imine (C=N–C) groups is 1. The highest BCUT2D eigenvalue weighted by atomic mass is 16.5. The van der Waals surface area contributed by atoms with Crippen molar-refractivity contribution >= 4 is 18.1 Å². The largest absolute Gasteiger partial charge is 0.394 e. The fourth-order valence-electron chi connectivity index (χ4n) is 2.40. The first-order chi connectivity index (χ1) is 9.11. The topological polar surface area (TPSA) is 144 Å². The Labute approximate surface area is 108 Å². The molecule has 1 aromatic heterocycles. The molecule has 0 radical (unpaired) electrons. The minimum Gasteiger partial charge on any atom is -0.394 e. The molecule has 1 unspecified atom stereocenters. The van der Waals surface area contributed by atoms with Gasteiger partial charge in [-0.1, -0.05) is 0 Å². The number of hydrogen-bond donors (Lipinski definition) is 5. The van der Waals surface area contributed by atoms with E-state index in [2.05, 4.69) is 15.3 Å². The van der Waals surface area contributed by atoms with Gasteiger partial charge in [0.25, 0.3) is 0 Å². The van der Waals surface area contributed by atoms with Crippen molar-refractivity contribution in [3.8, 4) is 0 Å². The second-order valence-electron chi connectivity index (χ2n) is 4.56. The lowest BCUT2D eigenvalue weighted by Gasteiger charge is -2.19. The molecular weight excluding hydrogens is 252 g/mol. The van der Waals surface area contributed by atoms with Crippen LogP contribution < -0.4 is 16.8 Å². The van der Waals surface area contributed by atoms with Gasteiger partial charge in [-0.05, 0) is 0 Å². The van der Waals surface area contributed by atoms with Crippen molar-refractivity contribution in [2.24, 2.45) is 10.7 Å². The van der Waals surface area contributed by atoms with E-state index < -0.39 is 24.6 Å². The number of ether oxygens (including phenoxy) is 1. The van der Waals surface area contributed by atoms with Crippen LogP contribution in [0.25, 0.3) is 0 Å². The Morgan fingerprint density at radius 3 is 3.05 bits per heavy atom. The SMILES string of the molecule is Nc1nc2c(n1[C@H]1C[C@@H](O)[C@@H](CO)O1)NC=NC2N. The maximum absolute atomic E-state index is 9.77. The number of nitrogens with zero attached hydrogens (tertiary/aromatic N) is 3. The van der Waals surface area contributed by atoms with Gasteiger partial charge in [-0.3, -0.25) is 9.56 Å². The van der Waals surface area contributed by atoms with Gasteiger partial charge < -0.3 is 31.7 Å². The number of hydrogen-bond acceptors (Lipinski definition) is 8. The predicted molar refractivity (Wildman–Crippen MR) is 67.3 cm³/mol. The van der Waals surface area contributed by atoms with Crippen LogP contribution in [0.2, 0.25) is 0 Å². The second kappa shape index (κ2) is 4.46. The molecule has 0 amide bonds. The van der Waals surface area contributed by atoms with Crippen LogP contribution in [-0.2, 0) is 4.74 Å². The Morgan fingerprint density at radius 2 is 2.37 bits per heavy atom. The molecular formula is C10H16N6O3. The van der Waals surface area contributed by atoms with Crippen LogP contribution in [0.5, 0.6) is 0 Å². The van der Waals surface area contributed by atoms with Crippen LogP contribution in [-0.4, -0.2) is 44.9 Å². The van der Waals surface area contributed by atoms with Crippen molar-refractivity contribution in [1.29, 1.82) is 0 Å². The Balaban J connectivity index is 1.95. The third-order valence-electron chi connectivity index (χ3n) is 3.35. The zero-order valence-corrected chi connectivity index (χ0v) is 10.1. The number of fused-ring (bicyclic) bond motifs is 1. The number of aliphatic hydroxyl groups is 2. The number of rotatable bonds is 2. The molecule has 3 rings (SSSR count). The first kappa shape index (κ1) is 12.4. The third-order valence-corrected chi connectivity index (χ3v) is 3.35. The standard InChI is InChI=1S/C10H16N6O3/c11-8-7-9(14-3-13-8)16(10(12)15-7)6-1-4(18)5(2-17)19-6/h3-6,8,17-18H,1-2,11H2,(H2,12,15)(H,13,14)/t4-,5-,6-,8?/m1/s1. The summed E-state index contributed by atoms with van der Waals surface area (Å²) >= 11 is 0. The molecule has 9 nitrogen and oxygen atoms in total. The normalized spacial score (nSPS) is 33.2. The molecule has 1 aromatic rings. The summed E-state index contributed by atoms with van der Waals surface area (Å²) < 4.78 is 7.19. The van der Waals surface area contributed by atoms with Crippen LogP contribution in [0, 0.1) is 0 Å².